The Morgan fingerprint density at radius 3 is 2.60 bits per heavy atom. The zero-order valence-electron chi connectivity index (χ0n) is 11.6. The van der Waals surface area contributed by atoms with Crippen LogP contribution in [0.2, 0.25) is 0 Å². The summed E-state index contributed by atoms with van der Waals surface area (Å²) >= 11 is 3.61. The van der Waals surface area contributed by atoms with Crippen molar-refractivity contribution in [1.82, 2.24) is 5.32 Å². The molecular weight excluding hydrogens is 314 g/mol. The van der Waals surface area contributed by atoms with Crippen LogP contribution in [-0.2, 0) is 12.8 Å². The summed E-state index contributed by atoms with van der Waals surface area (Å²) in [6.45, 7) is 0.955. The fourth-order valence-electron chi connectivity index (χ4n) is 2.50. The molecule has 2 rings (SSSR count). The van der Waals surface area contributed by atoms with Crippen molar-refractivity contribution in [1.29, 1.82) is 0 Å². The predicted molar refractivity (Wildman–Crippen MR) is 87.1 cm³/mol. The van der Waals surface area contributed by atoms with Gasteiger partial charge in [0, 0.05) is 4.47 Å². The molecule has 2 nitrogen and oxygen atoms in total. The summed E-state index contributed by atoms with van der Waals surface area (Å²) in [7, 11) is 1.98. The smallest absolute Gasteiger partial charge is 0.115 e. The Morgan fingerprint density at radius 1 is 1.10 bits per heavy atom. The third-order valence-electron chi connectivity index (χ3n) is 3.39. The highest BCUT2D eigenvalue weighted by Gasteiger charge is 2.12. The predicted octanol–water partition coefficient (Wildman–Crippen LogP) is 3.78. The molecule has 3 heteroatoms. The number of aromatic hydroxyl groups is 1. The van der Waals surface area contributed by atoms with Crippen molar-refractivity contribution in [3.63, 3.8) is 0 Å². The Labute approximate surface area is 129 Å². The second-order valence-corrected chi connectivity index (χ2v) is 5.95. The van der Waals surface area contributed by atoms with E-state index in [2.05, 4.69) is 45.5 Å². The van der Waals surface area contributed by atoms with Gasteiger partial charge < -0.3 is 10.4 Å². The molecule has 1 atom stereocenters. The van der Waals surface area contributed by atoms with Crippen LogP contribution in [0.3, 0.4) is 0 Å². The first-order chi connectivity index (χ1) is 9.69. The molecule has 0 aliphatic heterocycles. The number of halogens is 1. The van der Waals surface area contributed by atoms with E-state index in [0.29, 0.717) is 11.7 Å². The van der Waals surface area contributed by atoms with Gasteiger partial charge in [-0.25, -0.2) is 0 Å². The summed E-state index contributed by atoms with van der Waals surface area (Å²) < 4.78 is 1.16. The van der Waals surface area contributed by atoms with E-state index in [0.717, 1.165) is 23.9 Å². The van der Waals surface area contributed by atoms with Crippen LogP contribution in [0.5, 0.6) is 5.75 Å². The van der Waals surface area contributed by atoms with Gasteiger partial charge in [0.15, 0.2) is 0 Å². The Morgan fingerprint density at radius 2 is 1.90 bits per heavy atom. The molecule has 0 fully saturated rings. The standard InChI is InChI=1S/C17H20BrNO/c1-19-12-14(9-13-5-4-7-16(20)11-13)10-15-6-2-3-8-17(15)18/h2-8,11,14,19-20H,9-10,12H2,1H3. The number of benzene rings is 2. The first-order valence-electron chi connectivity index (χ1n) is 6.85. The summed E-state index contributed by atoms with van der Waals surface area (Å²) in [5, 5.41) is 12.8. The number of rotatable bonds is 6. The molecule has 0 heterocycles. The van der Waals surface area contributed by atoms with Crippen molar-refractivity contribution in [2.45, 2.75) is 12.8 Å². The molecular formula is C17H20BrNO. The minimum Gasteiger partial charge on any atom is -0.508 e. The lowest BCUT2D eigenvalue weighted by molar-refractivity contribution is 0.469. The third-order valence-corrected chi connectivity index (χ3v) is 4.17. The molecule has 0 aromatic heterocycles. The van der Waals surface area contributed by atoms with Gasteiger partial charge in [-0.1, -0.05) is 46.3 Å². The highest BCUT2D eigenvalue weighted by Crippen LogP contribution is 2.22. The summed E-state index contributed by atoms with van der Waals surface area (Å²) in [6, 6.07) is 15.9. The molecule has 1 unspecified atom stereocenters. The van der Waals surface area contributed by atoms with E-state index < -0.39 is 0 Å². The Balaban J connectivity index is 2.09. The number of nitrogens with one attached hydrogen (secondary N) is 1. The zero-order valence-corrected chi connectivity index (χ0v) is 13.2. The van der Waals surface area contributed by atoms with Gasteiger partial charge in [0.25, 0.3) is 0 Å². The molecule has 0 amide bonds. The van der Waals surface area contributed by atoms with Crippen LogP contribution in [-0.4, -0.2) is 18.7 Å². The normalized spacial score (nSPS) is 12.3. The fourth-order valence-corrected chi connectivity index (χ4v) is 2.94. The van der Waals surface area contributed by atoms with E-state index in [9.17, 15) is 5.11 Å². The highest BCUT2D eigenvalue weighted by atomic mass is 79.9. The lowest BCUT2D eigenvalue weighted by atomic mass is 9.92. The van der Waals surface area contributed by atoms with Crippen molar-refractivity contribution >= 4 is 15.9 Å². The summed E-state index contributed by atoms with van der Waals surface area (Å²) in [5.74, 6) is 0.840. The van der Waals surface area contributed by atoms with E-state index in [-0.39, 0.29) is 0 Å². The summed E-state index contributed by atoms with van der Waals surface area (Å²) in [6.07, 6.45) is 1.97. The number of hydrogen-bond acceptors (Lipinski definition) is 2. The lowest BCUT2D eigenvalue weighted by Crippen LogP contribution is -2.23. The SMILES string of the molecule is CNCC(Cc1cccc(O)c1)Cc1ccccc1Br. The molecule has 0 aliphatic carbocycles. The number of phenols is 1. The van der Waals surface area contributed by atoms with Gasteiger partial charge >= 0.3 is 0 Å². The number of phenolic OH excluding ortho intramolecular Hbond substituents is 1. The molecule has 2 aromatic carbocycles. The zero-order chi connectivity index (χ0) is 14.4. The molecule has 0 bridgehead atoms. The van der Waals surface area contributed by atoms with Crippen LogP contribution < -0.4 is 5.32 Å². The fraction of sp³-hybridized carbons (Fsp3) is 0.294. The first-order valence-corrected chi connectivity index (χ1v) is 7.64. The van der Waals surface area contributed by atoms with Gasteiger partial charge in [-0.2, -0.15) is 0 Å². The molecule has 106 valence electrons. The van der Waals surface area contributed by atoms with E-state index in [1.807, 2.05) is 25.2 Å². The maximum atomic E-state index is 9.57. The van der Waals surface area contributed by atoms with E-state index in [1.165, 1.54) is 11.1 Å². The molecule has 2 N–H and O–H groups in total. The van der Waals surface area contributed by atoms with Gasteiger partial charge in [0.1, 0.15) is 5.75 Å². The van der Waals surface area contributed by atoms with Crippen molar-refractivity contribution in [2.75, 3.05) is 13.6 Å². The van der Waals surface area contributed by atoms with Crippen LogP contribution >= 0.6 is 15.9 Å². The van der Waals surface area contributed by atoms with Crippen LogP contribution in [0, 0.1) is 5.92 Å². The topological polar surface area (TPSA) is 32.3 Å². The van der Waals surface area contributed by atoms with Crippen LogP contribution in [0.15, 0.2) is 53.0 Å². The van der Waals surface area contributed by atoms with Crippen molar-refractivity contribution in [3.05, 3.63) is 64.1 Å². The molecule has 2 aromatic rings. The first kappa shape index (κ1) is 15.1. The van der Waals surface area contributed by atoms with Crippen LogP contribution in [0.25, 0.3) is 0 Å². The maximum Gasteiger partial charge on any atom is 0.115 e. The molecule has 0 aliphatic rings. The van der Waals surface area contributed by atoms with Crippen LogP contribution in [0.4, 0.5) is 0 Å². The highest BCUT2D eigenvalue weighted by molar-refractivity contribution is 9.10. The Hall–Kier alpha value is -1.32. The molecule has 0 spiro atoms. The van der Waals surface area contributed by atoms with Gasteiger partial charge in [-0.3, -0.25) is 0 Å². The van der Waals surface area contributed by atoms with Gasteiger partial charge in [-0.05, 0) is 61.7 Å². The molecule has 0 radical (unpaired) electrons. The summed E-state index contributed by atoms with van der Waals surface area (Å²) in [4.78, 5) is 0. The molecule has 0 saturated heterocycles. The van der Waals surface area contributed by atoms with E-state index >= 15 is 0 Å². The molecule has 20 heavy (non-hydrogen) atoms. The molecule has 0 saturated carbocycles. The van der Waals surface area contributed by atoms with Crippen molar-refractivity contribution in [3.8, 4) is 5.75 Å². The van der Waals surface area contributed by atoms with E-state index in [4.69, 9.17) is 0 Å². The van der Waals surface area contributed by atoms with Gasteiger partial charge in [-0.15, -0.1) is 0 Å². The average Bonchev–Trinajstić information content (AvgIpc) is 2.42. The lowest BCUT2D eigenvalue weighted by Gasteiger charge is -2.18. The number of hydrogen-bond donors (Lipinski definition) is 2. The van der Waals surface area contributed by atoms with Crippen molar-refractivity contribution < 1.29 is 5.11 Å². The minimum atomic E-state index is 0.339. The quantitative estimate of drug-likeness (QED) is 0.843. The summed E-state index contributed by atoms with van der Waals surface area (Å²) in [5.41, 5.74) is 2.50. The largest absolute Gasteiger partial charge is 0.508 e. The monoisotopic (exact) mass is 333 g/mol. The Bertz CT molecular complexity index is 556. The van der Waals surface area contributed by atoms with Gasteiger partial charge in [0.2, 0.25) is 0 Å². The second-order valence-electron chi connectivity index (χ2n) is 5.09. The third kappa shape index (κ3) is 4.36. The Kier molecular flexibility index (Phi) is 5.62. The van der Waals surface area contributed by atoms with Crippen molar-refractivity contribution in [2.24, 2.45) is 5.92 Å². The van der Waals surface area contributed by atoms with Crippen LogP contribution in [0.1, 0.15) is 11.1 Å². The average molecular weight is 334 g/mol. The maximum absolute atomic E-state index is 9.57. The van der Waals surface area contributed by atoms with Gasteiger partial charge in [0.05, 0.1) is 0 Å². The second kappa shape index (κ2) is 7.46. The van der Waals surface area contributed by atoms with E-state index in [1.54, 1.807) is 6.07 Å². The minimum absolute atomic E-state index is 0.339.